The van der Waals surface area contributed by atoms with Crippen molar-refractivity contribution in [2.75, 3.05) is 0 Å². The molecule has 0 bridgehead atoms. The minimum Gasteiger partial charge on any atom is -0.207 e. The largest absolute Gasteiger partial charge is 0.207 e. The SMILES string of the molecule is Cc1c(Cl)cccc1C(Br)c1cc(F)ccc1F. The summed E-state index contributed by atoms with van der Waals surface area (Å²) in [4.78, 5) is -0.424. The molecular formula is C14H10BrClF2. The number of rotatable bonds is 2. The minimum absolute atomic E-state index is 0.264. The van der Waals surface area contributed by atoms with Gasteiger partial charge in [-0.1, -0.05) is 39.7 Å². The van der Waals surface area contributed by atoms with E-state index in [0.29, 0.717) is 5.02 Å². The molecule has 0 spiro atoms. The van der Waals surface area contributed by atoms with Crippen molar-refractivity contribution in [1.29, 1.82) is 0 Å². The van der Waals surface area contributed by atoms with Gasteiger partial charge in [-0.15, -0.1) is 0 Å². The van der Waals surface area contributed by atoms with Crippen LogP contribution in [0.15, 0.2) is 36.4 Å². The Morgan fingerprint density at radius 2 is 1.83 bits per heavy atom. The van der Waals surface area contributed by atoms with Gasteiger partial charge in [0.15, 0.2) is 0 Å². The van der Waals surface area contributed by atoms with Crippen LogP contribution in [0.4, 0.5) is 8.78 Å². The van der Waals surface area contributed by atoms with E-state index < -0.39 is 16.5 Å². The van der Waals surface area contributed by atoms with Crippen LogP contribution >= 0.6 is 27.5 Å². The van der Waals surface area contributed by atoms with Crippen LogP contribution in [-0.4, -0.2) is 0 Å². The third kappa shape index (κ3) is 2.57. The first-order chi connectivity index (χ1) is 8.50. The Morgan fingerprint density at radius 1 is 1.11 bits per heavy atom. The Labute approximate surface area is 118 Å². The fourth-order valence-corrected chi connectivity index (χ4v) is 2.80. The number of hydrogen-bond acceptors (Lipinski definition) is 0. The average molecular weight is 332 g/mol. The summed E-state index contributed by atoms with van der Waals surface area (Å²) in [5.74, 6) is -0.909. The molecule has 0 fully saturated rings. The zero-order valence-electron chi connectivity index (χ0n) is 9.55. The molecule has 0 aliphatic heterocycles. The molecule has 1 atom stereocenters. The predicted octanol–water partition coefficient (Wildman–Crippen LogP) is 5.41. The van der Waals surface area contributed by atoms with Crippen molar-refractivity contribution < 1.29 is 8.78 Å². The summed E-state index contributed by atoms with van der Waals surface area (Å²) in [7, 11) is 0. The lowest BCUT2D eigenvalue weighted by Gasteiger charge is -2.15. The first-order valence-corrected chi connectivity index (χ1v) is 6.64. The van der Waals surface area contributed by atoms with Crippen molar-refractivity contribution in [1.82, 2.24) is 0 Å². The lowest BCUT2D eigenvalue weighted by Crippen LogP contribution is -2.00. The maximum absolute atomic E-state index is 13.7. The normalized spacial score (nSPS) is 12.5. The van der Waals surface area contributed by atoms with Crippen LogP contribution in [0.2, 0.25) is 5.02 Å². The highest BCUT2D eigenvalue weighted by molar-refractivity contribution is 9.09. The number of halogens is 4. The van der Waals surface area contributed by atoms with Crippen LogP contribution in [0.1, 0.15) is 21.5 Å². The van der Waals surface area contributed by atoms with Crippen molar-refractivity contribution in [3.63, 3.8) is 0 Å². The zero-order valence-corrected chi connectivity index (χ0v) is 11.9. The Morgan fingerprint density at radius 3 is 2.56 bits per heavy atom. The fourth-order valence-electron chi connectivity index (χ4n) is 1.78. The molecule has 0 amide bonds. The van der Waals surface area contributed by atoms with Crippen LogP contribution in [-0.2, 0) is 0 Å². The molecule has 4 heteroatoms. The predicted molar refractivity (Wildman–Crippen MR) is 73.3 cm³/mol. The molecule has 2 aromatic carbocycles. The molecule has 0 nitrogen and oxygen atoms in total. The summed E-state index contributed by atoms with van der Waals surface area (Å²) >= 11 is 9.43. The molecule has 0 N–H and O–H groups in total. The first kappa shape index (κ1) is 13.5. The second kappa shape index (κ2) is 5.37. The molecular weight excluding hydrogens is 322 g/mol. The molecule has 18 heavy (non-hydrogen) atoms. The summed E-state index contributed by atoms with van der Waals surface area (Å²) in [5.41, 5.74) is 1.94. The van der Waals surface area contributed by atoms with Crippen molar-refractivity contribution in [2.45, 2.75) is 11.8 Å². The lowest BCUT2D eigenvalue weighted by atomic mass is 10.00. The number of benzene rings is 2. The summed E-state index contributed by atoms with van der Waals surface area (Å²) in [6.07, 6.45) is 0. The van der Waals surface area contributed by atoms with Gasteiger partial charge in [0.25, 0.3) is 0 Å². The highest BCUT2D eigenvalue weighted by Gasteiger charge is 2.18. The van der Waals surface area contributed by atoms with Gasteiger partial charge >= 0.3 is 0 Å². The molecule has 0 saturated carbocycles. The number of hydrogen-bond donors (Lipinski definition) is 0. The quantitative estimate of drug-likeness (QED) is 0.645. The van der Waals surface area contributed by atoms with Gasteiger partial charge < -0.3 is 0 Å². The van der Waals surface area contributed by atoms with Gasteiger partial charge in [-0.2, -0.15) is 0 Å². The van der Waals surface area contributed by atoms with E-state index in [9.17, 15) is 8.78 Å². The third-order valence-electron chi connectivity index (χ3n) is 2.81. The van der Waals surface area contributed by atoms with E-state index in [2.05, 4.69) is 15.9 Å². The van der Waals surface area contributed by atoms with Gasteiger partial charge in [-0.3, -0.25) is 0 Å². The minimum atomic E-state index is -0.462. The number of alkyl halides is 1. The van der Waals surface area contributed by atoms with E-state index >= 15 is 0 Å². The molecule has 1 unspecified atom stereocenters. The highest BCUT2D eigenvalue weighted by Crippen LogP contribution is 2.36. The Hall–Kier alpha value is -0.930. The summed E-state index contributed by atoms with van der Waals surface area (Å²) in [6, 6.07) is 8.81. The maximum Gasteiger partial charge on any atom is 0.128 e. The van der Waals surface area contributed by atoms with Crippen LogP contribution in [0.5, 0.6) is 0 Å². The lowest BCUT2D eigenvalue weighted by molar-refractivity contribution is 0.588. The molecule has 94 valence electrons. The van der Waals surface area contributed by atoms with E-state index in [1.165, 1.54) is 6.07 Å². The van der Waals surface area contributed by atoms with Crippen molar-refractivity contribution in [3.05, 3.63) is 69.7 Å². The van der Waals surface area contributed by atoms with Crippen molar-refractivity contribution in [3.8, 4) is 0 Å². The van der Waals surface area contributed by atoms with Crippen molar-refractivity contribution >= 4 is 27.5 Å². The van der Waals surface area contributed by atoms with E-state index in [4.69, 9.17) is 11.6 Å². The van der Waals surface area contributed by atoms with Gasteiger partial charge in [0.05, 0.1) is 4.83 Å². The highest BCUT2D eigenvalue weighted by atomic mass is 79.9. The van der Waals surface area contributed by atoms with E-state index in [-0.39, 0.29) is 5.56 Å². The average Bonchev–Trinajstić information content (AvgIpc) is 2.35. The van der Waals surface area contributed by atoms with Crippen LogP contribution in [0.3, 0.4) is 0 Å². The topological polar surface area (TPSA) is 0 Å². The van der Waals surface area contributed by atoms with Gasteiger partial charge in [0.2, 0.25) is 0 Å². The monoisotopic (exact) mass is 330 g/mol. The smallest absolute Gasteiger partial charge is 0.128 e. The van der Waals surface area contributed by atoms with Gasteiger partial charge in [0.1, 0.15) is 11.6 Å². The zero-order chi connectivity index (χ0) is 13.3. The Balaban J connectivity index is 2.51. The van der Waals surface area contributed by atoms with Crippen LogP contribution in [0.25, 0.3) is 0 Å². The molecule has 0 aliphatic rings. The van der Waals surface area contributed by atoms with Crippen LogP contribution in [0, 0.1) is 18.6 Å². The van der Waals surface area contributed by atoms with Crippen molar-refractivity contribution in [2.24, 2.45) is 0 Å². The third-order valence-corrected chi connectivity index (χ3v) is 4.21. The standard InChI is InChI=1S/C14H10BrClF2/c1-8-10(3-2-4-12(8)16)14(15)11-7-9(17)5-6-13(11)18/h2-7,14H,1H3. The maximum atomic E-state index is 13.7. The molecule has 2 rings (SSSR count). The molecule has 0 heterocycles. The Kier molecular flexibility index (Phi) is 4.03. The van der Waals surface area contributed by atoms with Gasteiger partial charge in [-0.05, 0) is 42.3 Å². The van der Waals surface area contributed by atoms with Gasteiger partial charge in [0, 0.05) is 10.6 Å². The second-order valence-electron chi connectivity index (χ2n) is 3.98. The van der Waals surface area contributed by atoms with E-state index in [1.54, 1.807) is 12.1 Å². The first-order valence-electron chi connectivity index (χ1n) is 5.34. The summed E-state index contributed by atoms with van der Waals surface area (Å²) in [6.45, 7) is 1.85. The van der Waals surface area contributed by atoms with Gasteiger partial charge in [-0.25, -0.2) is 8.78 Å². The van der Waals surface area contributed by atoms with Crippen LogP contribution < -0.4 is 0 Å². The molecule has 0 aliphatic carbocycles. The van der Waals surface area contributed by atoms with E-state index in [1.807, 2.05) is 13.0 Å². The molecule has 0 aromatic heterocycles. The summed E-state index contributed by atoms with van der Waals surface area (Å²) in [5, 5.41) is 0.605. The molecule has 0 radical (unpaired) electrons. The molecule has 0 saturated heterocycles. The molecule has 2 aromatic rings. The van der Waals surface area contributed by atoms with E-state index in [0.717, 1.165) is 23.3 Å². The second-order valence-corrected chi connectivity index (χ2v) is 5.31. The fraction of sp³-hybridized carbons (Fsp3) is 0.143. The summed E-state index contributed by atoms with van der Waals surface area (Å²) < 4.78 is 26.9. The Bertz CT molecular complexity index is 582.